The van der Waals surface area contributed by atoms with E-state index in [9.17, 15) is 4.79 Å². The lowest BCUT2D eigenvalue weighted by Crippen LogP contribution is -2.48. The first-order valence-corrected chi connectivity index (χ1v) is 10.9. The number of carbonyl (C=O) groups is 1. The number of amides is 1. The molecule has 0 radical (unpaired) electrons. The van der Waals surface area contributed by atoms with Crippen LogP contribution in [0.15, 0.2) is 30.3 Å². The highest BCUT2D eigenvalue weighted by molar-refractivity contribution is 6.30. The SMILES string of the molecule is O=C(CC1CCCCC1)NC1CCCN(c2cc(-c3ccc(Cl)cc3)[nH]n2)C1. The van der Waals surface area contributed by atoms with Gasteiger partial charge in [0.15, 0.2) is 5.82 Å². The number of H-pyrrole nitrogens is 1. The van der Waals surface area contributed by atoms with Gasteiger partial charge in [-0.05, 0) is 49.3 Å². The zero-order valence-electron chi connectivity index (χ0n) is 16.3. The fourth-order valence-corrected chi connectivity index (χ4v) is 4.62. The number of piperidine rings is 1. The summed E-state index contributed by atoms with van der Waals surface area (Å²) in [4.78, 5) is 14.7. The molecule has 2 aromatic rings. The van der Waals surface area contributed by atoms with Gasteiger partial charge in [-0.2, -0.15) is 5.10 Å². The summed E-state index contributed by atoms with van der Waals surface area (Å²) in [6.07, 6.45) is 9.13. The maximum absolute atomic E-state index is 12.5. The van der Waals surface area contributed by atoms with Gasteiger partial charge in [-0.15, -0.1) is 0 Å². The molecular formula is C22H29ClN4O. The van der Waals surface area contributed by atoms with Crippen molar-refractivity contribution >= 4 is 23.3 Å². The minimum Gasteiger partial charge on any atom is -0.353 e. The molecule has 2 heterocycles. The monoisotopic (exact) mass is 400 g/mol. The third-order valence-electron chi connectivity index (χ3n) is 6.03. The van der Waals surface area contributed by atoms with Crippen LogP contribution in [0.25, 0.3) is 11.3 Å². The molecule has 2 fully saturated rings. The molecule has 1 aliphatic carbocycles. The highest BCUT2D eigenvalue weighted by Crippen LogP contribution is 2.27. The lowest BCUT2D eigenvalue weighted by atomic mass is 9.87. The maximum atomic E-state index is 12.5. The Morgan fingerprint density at radius 3 is 2.71 bits per heavy atom. The van der Waals surface area contributed by atoms with Crippen molar-refractivity contribution in [2.45, 2.75) is 57.4 Å². The first-order chi connectivity index (χ1) is 13.7. The first-order valence-electron chi connectivity index (χ1n) is 10.5. The molecule has 2 N–H and O–H groups in total. The molecule has 5 nitrogen and oxygen atoms in total. The number of rotatable bonds is 5. The molecule has 1 amide bonds. The molecule has 150 valence electrons. The maximum Gasteiger partial charge on any atom is 0.220 e. The summed E-state index contributed by atoms with van der Waals surface area (Å²) in [5.74, 6) is 1.75. The standard InChI is InChI=1S/C22H29ClN4O/c23-18-10-8-17(9-11-18)20-14-21(26-25-20)27-12-4-7-19(15-27)24-22(28)13-16-5-2-1-3-6-16/h8-11,14,16,19H,1-7,12-13,15H2,(H,24,28)(H,25,26). The third kappa shape index (κ3) is 4.88. The van der Waals surface area contributed by atoms with E-state index >= 15 is 0 Å². The molecule has 1 aliphatic heterocycles. The Morgan fingerprint density at radius 2 is 1.93 bits per heavy atom. The number of aromatic nitrogens is 2. The van der Waals surface area contributed by atoms with Crippen LogP contribution in [0.4, 0.5) is 5.82 Å². The van der Waals surface area contributed by atoms with Crippen LogP contribution >= 0.6 is 11.6 Å². The number of carbonyl (C=O) groups excluding carboxylic acids is 1. The quantitative estimate of drug-likeness (QED) is 0.758. The number of anilines is 1. The average molecular weight is 401 g/mol. The fraction of sp³-hybridized carbons (Fsp3) is 0.545. The molecule has 1 atom stereocenters. The topological polar surface area (TPSA) is 61.0 Å². The van der Waals surface area contributed by atoms with Crippen molar-refractivity contribution in [1.82, 2.24) is 15.5 Å². The summed E-state index contributed by atoms with van der Waals surface area (Å²) in [5, 5.41) is 11.6. The highest BCUT2D eigenvalue weighted by Gasteiger charge is 2.24. The van der Waals surface area contributed by atoms with Gasteiger partial charge in [0.25, 0.3) is 0 Å². The summed E-state index contributed by atoms with van der Waals surface area (Å²) in [6.45, 7) is 1.79. The summed E-state index contributed by atoms with van der Waals surface area (Å²) >= 11 is 5.98. The van der Waals surface area contributed by atoms with E-state index < -0.39 is 0 Å². The van der Waals surface area contributed by atoms with E-state index in [0.717, 1.165) is 48.0 Å². The summed E-state index contributed by atoms with van der Waals surface area (Å²) in [5.41, 5.74) is 2.05. The van der Waals surface area contributed by atoms with Crippen molar-refractivity contribution in [1.29, 1.82) is 0 Å². The van der Waals surface area contributed by atoms with Crippen LogP contribution in [-0.4, -0.2) is 35.2 Å². The van der Waals surface area contributed by atoms with Crippen molar-refractivity contribution < 1.29 is 4.79 Å². The van der Waals surface area contributed by atoms with E-state index in [2.05, 4.69) is 26.5 Å². The molecule has 6 heteroatoms. The van der Waals surface area contributed by atoms with Crippen LogP contribution in [0.3, 0.4) is 0 Å². The summed E-state index contributed by atoms with van der Waals surface area (Å²) < 4.78 is 0. The number of halogens is 1. The second kappa shape index (κ2) is 8.99. The van der Waals surface area contributed by atoms with Crippen LogP contribution in [0.5, 0.6) is 0 Å². The van der Waals surface area contributed by atoms with Gasteiger partial charge in [0.05, 0.1) is 5.69 Å². The molecule has 1 saturated carbocycles. The molecule has 1 unspecified atom stereocenters. The Morgan fingerprint density at radius 1 is 1.14 bits per heavy atom. The molecule has 1 aromatic heterocycles. The Bertz CT molecular complexity index is 782. The van der Waals surface area contributed by atoms with E-state index in [0.29, 0.717) is 12.3 Å². The van der Waals surface area contributed by atoms with Gasteiger partial charge in [0, 0.05) is 36.6 Å². The van der Waals surface area contributed by atoms with Gasteiger partial charge in [-0.25, -0.2) is 0 Å². The number of hydrogen-bond acceptors (Lipinski definition) is 3. The lowest BCUT2D eigenvalue weighted by molar-refractivity contribution is -0.123. The third-order valence-corrected chi connectivity index (χ3v) is 6.28. The van der Waals surface area contributed by atoms with E-state index in [1.165, 1.54) is 32.1 Å². The molecule has 4 rings (SSSR count). The minimum absolute atomic E-state index is 0.209. The van der Waals surface area contributed by atoms with Crippen LogP contribution in [-0.2, 0) is 4.79 Å². The molecular weight excluding hydrogens is 372 g/mol. The van der Waals surface area contributed by atoms with Crippen LogP contribution in [0, 0.1) is 5.92 Å². The van der Waals surface area contributed by atoms with E-state index in [4.69, 9.17) is 11.6 Å². The Kier molecular flexibility index (Phi) is 6.20. The predicted molar refractivity (Wildman–Crippen MR) is 114 cm³/mol. The van der Waals surface area contributed by atoms with Crippen LogP contribution in [0.2, 0.25) is 5.02 Å². The predicted octanol–water partition coefficient (Wildman–Crippen LogP) is 4.79. The molecule has 2 aliphatic rings. The Labute approximate surface area is 171 Å². The van der Waals surface area contributed by atoms with Crippen molar-refractivity contribution in [2.75, 3.05) is 18.0 Å². The lowest BCUT2D eigenvalue weighted by Gasteiger charge is -2.33. The summed E-state index contributed by atoms with van der Waals surface area (Å²) in [6, 6.07) is 10.0. The molecule has 28 heavy (non-hydrogen) atoms. The minimum atomic E-state index is 0.209. The normalized spacial score (nSPS) is 20.9. The van der Waals surface area contributed by atoms with Gasteiger partial charge in [-0.1, -0.05) is 43.0 Å². The smallest absolute Gasteiger partial charge is 0.220 e. The average Bonchev–Trinajstić information content (AvgIpc) is 3.20. The van der Waals surface area contributed by atoms with Crippen molar-refractivity contribution in [3.8, 4) is 11.3 Å². The Hall–Kier alpha value is -2.01. The first kappa shape index (κ1) is 19.3. The zero-order valence-corrected chi connectivity index (χ0v) is 17.0. The van der Waals surface area contributed by atoms with Crippen LogP contribution in [0.1, 0.15) is 51.4 Å². The molecule has 0 spiro atoms. The highest BCUT2D eigenvalue weighted by atomic mass is 35.5. The van der Waals surface area contributed by atoms with E-state index in [1.54, 1.807) is 0 Å². The van der Waals surface area contributed by atoms with Gasteiger partial charge in [0.2, 0.25) is 5.91 Å². The Balaban J connectivity index is 1.33. The van der Waals surface area contributed by atoms with Gasteiger partial charge in [-0.3, -0.25) is 9.89 Å². The second-order valence-electron chi connectivity index (χ2n) is 8.21. The number of nitrogens with one attached hydrogen (secondary N) is 2. The van der Waals surface area contributed by atoms with Crippen LogP contribution < -0.4 is 10.2 Å². The largest absolute Gasteiger partial charge is 0.353 e. The molecule has 1 aromatic carbocycles. The molecule has 1 saturated heterocycles. The summed E-state index contributed by atoms with van der Waals surface area (Å²) in [7, 11) is 0. The molecule has 0 bridgehead atoms. The number of aromatic amines is 1. The van der Waals surface area contributed by atoms with E-state index in [-0.39, 0.29) is 11.9 Å². The number of benzene rings is 1. The van der Waals surface area contributed by atoms with Crippen molar-refractivity contribution in [3.63, 3.8) is 0 Å². The number of hydrogen-bond donors (Lipinski definition) is 2. The van der Waals surface area contributed by atoms with Crippen molar-refractivity contribution in [2.24, 2.45) is 5.92 Å². The zero-order chi connectivity index (χ0) is 19.3. The van der Waals surface area contributed by atoms with Gasteiger partial charge < -0.3 is 10.2 Å². The van der Waals surface area contributed by atoms with Gasteiger partial charge >= 0.3 is 0 Å². The fourth-order valence-electron chi connectivity index (χ4n) is 4.49. The second-order valence-corrected chi connectivity index (χ2v) is 8.64. The van der Waals surface area contributed by atoms with Gasteiger partial charge in [0.1, 0.15) is 0 Å². The van der Waals surface area contributed by atoms with Crippen molar-refractivity contribution in [3.05, 3.63) is 35.4 Å². The van der Waals surface area contributed by atoms with E-state index in [1.807, 2.05) is 24.3 Å². The number of nitrogens with zero attached hydrogens (tertiary/aromatic N) is 2.